The fourth-order valence-corrected chi connectivity index (χ4v) is 6.48. The quantitative estimate of drug-likeness (QED) is 0.0286. The number of hydrogen-bond acceptors (Lipinski definition) is 6. The van der Waals surface area contributed by atoms with E-state index < -0.39 is 18.1 Å². The van der Waals surface area contributed by atoms with E-state index in [-0.39, 0.29) is 36.2 Å². The van der Waals surface area contributed by atoms with Gasteiger partial charge in [0.1, 0.15) is 6.61 Å². The Kier molecular flexibility index (Phi) is 36.7. The molecule has 55 heavy (non-hydrogen) atoms. The largest absolute Gasteiger partial charge is 0.477 e. The topological polar surface area (TPSA) is 99.1 Å². The molecular formula is C47H86NO7+. The maximum Gasteiger partial charge on any atom is 0.362 e. The van der Waals surface area contributed by atoms with Gasteiger partial charge in [0.15, 0.2) is 12.1 Å². The van der Waals surface area contributed by atoms with Gasteiger partial charge in [0.2, 0.25) is 0 Å². The molecule has 0 aromatic carbocycles. The Hall–Kier alpha value is -2.45. The predicted octanol–water partition coefficient (Wildman–Crippen LogP) is 12.2. The number of allylic oxidation sites excluding steroid dienone is 6. The monoisotopic (exact) mass is 777 g/mol. The summed E-state index contributed by atoms with van der Waals surface area (Å²) in [6.45, 7) is 4.66. The highest BCUT2D eigenvalue weighted by Gasteiger charge is 2.31. The second-order valence-corrected chi connectivity index (χ2v) is 16.3. The number of carboxylic acid groups (broad SMARTS) is 1. The minimum atomic E-state index is -0.878. The van der Waals surface area contributed by atoms with Crippen LogP contribution in [0.15, 0.2) is 36.5 Å². The van der Waals surface area contributed by atoms with Gasteiger partial charge in [0.05, 0.1) is 34.4 Å². The Morgan fingerprint density at radius 2 is 1.00 bits per heavy atom. The van der Waals surface area contributed by atoms with Crippen LogP contribution in [0.3, 0.4) is 0 Å². The van der Waals surface area contributed by atoms with Crippen molar-refractivity contribution in [2.24, 2.45) is 0 Å². The lowest BCUT2D eigenvalue weighted by Gasteiger charge is -2.31. The lowest BCUT2D eigenvalue weighted by Crippen LogP contribution is -2.50. The normalized spacial score (nSPS) is 13.3. The van der Waals surface area contributed by atoms with Gasteiger partial charge in [0.25, 0.3) is 0 Å². The number of carbonyl (C=O) groups excluding carboxylic acids is 2. The molecule has 0 fully saturated rings. The molecule has 0 spiro atoms. The zero-order valence-electron chi connectivity index (χ0n) is 36.4. The van der Waals surface area contributed by atoms with Crippen molar-refractivity contribution in [1.82, 2.24) is 0 Å². The number of carboxylic acids is 1. The first-order valence-corrected chi connectivity index (χ1v) is 22.5. The van der Waals surface area contributed by atoms with Crippen LogP contribution < -0.4 is 0 Å². The van der Waals surface area contributed by atoms with Crippen LogP contribution in [0.5, 0.6) is 0 Å². The number of aliphatic carboxylic acids is 1. The van der Waals surface area contributed by atoms with Crippen molar-refractivity contribution in [2.75, 3.05) is 41.0 Å². The first-order chi connectivity index (χ1) is 26.6. The van der Waals surface area contributed by atoms with Crippen LogP contribution in [-0.2, 0) is 28.6 Å². The van der Waals surface area contributed by atoms with E-state index in [1.165, 1.54) is 89.9 Å². The number of nitrogens with zero attached hydrogens (tertiary/aromatic N) is 1. The summed E-state index contributed by atoms with van der Waals surface area (Å²) in [4.78, 5) is 37.0. The van der Waals surface area contributed by atoms with Gasteiger partial charge in [-0.1, -0.05) is 147 Å². The summed E-state index contributed by atoms with van der Waals surface area (Å²) in [7, 11) is 5.52. The summed E-state index contributed by atoms with van der Waals surface area (Å²) in [5, 5.41) is 9.61. The zero-order chi connectivity index (χ0) is 40.7. The number of hydrogen-bond donors (Lipinski definition) is 1. The smallest absolute Gasteiger partial charge is 0.362 e. The van der Waals surface area contributed by atoms with Crippen LogP contribution in [0, 0.1) is 0 Å². The van der Waals surface area contributed by atoms with Crippen molar-refractivity contribution >= 4 is 17.9 Å². The number of quaternary nitrogens is 1. The maximum absolute atomic E-state index is 12.7. The van der Waals surface area contributed by atoms with E-state index in [4.69, 9.17) is 14.2 Å². The Bertz CT molecular complexity index is 1000. The molecule has 0 aromatic heterocycles. The van der Waals surface area contributed by atoms with Crippen LogP contribution >= 0.6 is 0 Å². The SMILES string of the molecule is CCC/C=C\C/C=C\CCCCCCCC(=O)OC(COCCC(C(=O)O)[N+](C)(C)C)COC(=O)CCCCCCCCC/C=C\CCCCCCCCC. The molecule has 0 saturated carbocycles. The van der Waals surface area contributed by atoms with Gasteiger partial charge < -0.3 is 23.8 Å². The second kappa shape index (κ2) is 38.4. The van der Waals surface area contributed by atoms with Gasteiger partial charge in [0, 0.05) is 19.3 Å². The fraction of sp³-hybridized carbons (Fsp3) is 0.809. The van der Waals surface area contributed by atoms with Crippen molar-refractivity contribution in [3.8, 4) is 0 Å². The second-order valence-electron chi connectivity index (χ2n) is 16.3. The van der Waals surface area contributed by atoms with E-state index >= 15 is 0 Å². The summed E-state index contributed by atoms with van der Waals surface area (Å²) in [5.74, 6) is -1.49. The third-order valence-corrected chi connectivity index (χ3v) is 9.99. The number of carbonyl (C=O) groups is 3. The molecule has 8 heteroatoms. The molecule has 0 aromatic rings. The summed E-state index contributed by atoms with van der Waals surface area (Å²) in [5.41, 5.74) is 0. The van der Waals surface area contributed by atoms with E-state index in [0.29, 0.717) is 19.3 Å². The van der Waals surface area contributed by atoms with Gasteiger partial charge >= 0.3 is 17.9 Å². The Balaban J connectivity index is 4.32. The van der Waals surface area contributed by atoms with E-state index in [9.17, 15) is 19.5 Å². The molecule has 320 valence electrons. The fourth-order valence-electron chi connectivity index (χ4n) is 6.48. The lowest BCUT2D eigenvalue weighted by atomic mass is 10.1. The molecule has 0 aliphatic rings. The van der Waals surface area contributed by atoms with Gasteiger partial charge in [-0.15, -0.1) is 0 Å². The minimum Gasteiger partial charge on any atom is -0.477 e. The van der Waals surface area contributed by atoms with Crippen LogP contribution in [-0.4, -0.2) is 80.6 Å². The van der Waals surface area contributed by atoms with Crippen molar-refractivity contribution in [3.63, 3.8) is 0 Å². The van der Waals surface area contributed by atoms with E-state index in [1.54, 1.807) is 0 Å². The molecule has 0 bridgehead atoms. The number of esters is 2. The Labute approximate surface area is 338 Å². The summed E-state index contributed by atoms with van der Waals surface area (Å²) in [6, 6.07) is -0.617. The molecule has 0 amide bonds. The molecule has 0 aliphatic carbocycles. The lowest BCUT2D eigenvalue weighted by molar-refractivity contribution is -0.887. The van der Waals surface area contributed by atoms with E-state index in [1.807, 2.05) is 21.1 Å². The molecule has 0 aliphatic heterocycles. The molecule has 1 N–H and O–H groups in total. The molecule has 0 rings (SSSR count). The third-order valence-electron chi connectivity index (χ3n) is 9.99. The van der Waals surface area contributed by atoms with Gasteiger partial charge in [-0.3, -0.25) is 9.59 Å². The molecule has 0 saturated heterocycles. The molecule has 0 heterocycles. The molecule has 0 radical (unpaired) electrons. The molecule has 2 atom stereocenters. The highest BCUT2D eigenvalue weighted by molar-refractivity contribution is 5.72. The van der Waals surface area contributed by atoms with Gasteiger partial charge in [-0.2, -0.15) is 0 Å². The van der Waals surface area contributed by atoms with Crippen LogP contribution in [0.4, 0.5) is 0 Å². The van der Waals surface area contributed by atoms with E-state index in [2.05, 4.69) is 50.3 Å². The Morgan fingerprint density at radius 1 is 0.545 bits per heavy atom. The van der Waals surface area contributed by atoms with Crippen molar-refractivity contribution in [1.29, 1.82) is 0 Å². The van der Waals surface area contributed by atoms with Crippen LogP contribution in [0.2, 0.25) is 0 Å². The van der Waals surface area contributed by atoms with Gasteiger partial charge in [-0.25, -0.2) is 4.79 Å². The summed E-state index contributed by atoms with van der Waals surface area (Å²) < 4.78 is 17.3. The maximum atomic E-state index is 12.7. The van der Waals surface area contributed by atoms with Crippen molar-refractivity contribution in [2.45, 2.75) is 206 Å². The molecular weight excluding hydrogens is 691 g/mol. The number of likely N-dealkylation sites (N-methyl/N-ethyl adjacent to an activating group) is 1. The number of ether oxygens (including phenoxy) is 3. The van der Waals surface area contributed by atoms with Crippen molar-refractivity contribution < 1.29 is 38.2 Å². The number of rotatable bonds is 40. The van der Waals surface area contributed by atoms with Crippen LogP contribution in [0.25, 0.3) is 0 Å². The molecule has 2 unspecified atom stereocenters. The molecule has 8 nitrogen and oxygen atoms in total. The third kappa shape index (κ3) is 36.9. The highest BCUT2D eigenvalue weighted by Crippen LogP contribution is 2.14. The Morgan fingerprint density at radius 3 is 1.49 bits per heavy atom. The van der Waals surface area contributed by atoms with Gasteiger partial charge in [-0.05, 0) is 64.2 Å². The van der Waals surface area contributed by atoms with Crippen LogP contribution in [0.1, 0.15) is 194 Å². The minimum absolute atomic E-state index is 0.0550. The standard InChI is InChI=1S/C47H85NO7/c1-6-8-10-12-14-16-18-20-21-22-23-24-26-27-29-31-33-35-37-45(49)54-42-43(41-53-40-39-44(47(51)52)48(3,4)5)55-46(50)38-36-34-32-30-28-25-19-17-15-13-11-9-7-2/h11,13,17,19,21-22,43-44H,6-10,12,14-16,18,20,23-42H2,1-5H3/p+1/b13-11-,19-17-,22-21-. The number of unbranched alkanes of at least 4 members (excludes halogenated alkanes) is 20. The summed E-state index contributed by atoms with van der Waals surface area (Å²) >= 11 is 0. The predicted molar refractivity (Wildman–Crippen MR) is 229 cm³/mol. The summed E-state index contributed by atoms with van der Waals surface area (Å²) in [6.07, 6.45) is 43.3. The first kappa shape index (κ1) is 52.6. The first-order valence-electron chi connectivity index (χ1n) is 22.5. The zero-order valence-corrected chi connectivity index (χ0v) is 36.4. The highest BCUT2D eigenvalue weighted by atomic mass is 16.6. The average molecular weight is 777 g/mol. The van der Waals surface area contributed by atoms with E-state index in [0.717, 1.165) is 70.6 Å². The average Bonchev–Trinajstić information content (AvgIpc) is 3.14. The van der Waals surface area contributed by atoms with Crippen molar-refractivity contribution in [3.05, 3.63) is 36.5 Å².